The van der Waals surface area contributed by atoms with Gasteiger partial charge in [0, 0.05) is 6.04 Å². The van der Waals surface area contributed by atoms with Crippen molar-refractivity contribution in [3.63, 3.8) is 0 Å². The minimum absolute atomic E-state index is 0.0217. The monoisotopic (exact) mass is 228 g/mol. The van der Waals surface area contributed by atoms with E-state index in [4.69, 9.17) is 0 Å². The number of nitrogens with one attached hydrogen (secondary N) is 2. The SMILES string of the molecule is CCNC(C)(C)C(=O)NC1CCCC(O)C1. The predicted molar refractivity (Wildman–Crippen MR) is 64.2 cm³/mol. The van der Waals surface area contributed by atoms with E-state index in [1.165, 1.54) is 0 Å². The third kappa shape index (κ3) is 3.76. The van der Waals surface area contributed by atoms with Gasteiger partial charge in [-0.1, -0.05) is 6.92 Å². The summed E-state index contributed by atoms with van der Waals surface area (Å²) in [4.78, 5) is 12.0. The molecule has 0 saturated heterocycles. The summed E-state index contributed by atoms with van der Waals surface area (Å²) in [5.74, 6) is 0.0217. The Bertz CT molecular complexity index is 241. The minimum atomic E-state index is -0.531. The van der Waals surface area contributed by atoms with Crippen LogP contribution in [0, 0.1) is 0 Å². The van der Waals surface area contributed by atoms with Gasteiger partial charge in [-0.2, -0.15) is 0 Å². The van der Waals surface area contributed by atoms with Gasteiger partial charge in [0.1, 0.15) is 0 Å². The molecule has 16 heavy (non-hydrogen) atoms. The lowest BCUT2D eigenvalue weighted by Crippen LogP contribution is -2.55. The summed E-state index contributed by atoms with van der Waals surface area (Å²) in [5.41, 5.74) is -0.531. The van der Waals surface area contributed by atoms with Crippen LogP contribution in [0.3, 0.4) is 0 Å². The number of amides is 1. The maximum atomic E-state index is 12.0. The number of rotatable bonds is 4. The molecule has 0 aromatic rings. The van der Waals surface area contributed by atoms with Crippen LogP contribution in [0.5, 0.6) is 0 Å². The van der Waals surface area contributed by atoms with E-state index in [2.05, 4.69) is 10.6 Å². The smallest absolute Gasteiger partial charge is 0.239 e. The highest BCUT2D eigenvalue weighted by Crippen LogP contribution is 2.19. The quantitative estimate of drug-likeness (QED) is 0.667. The molecule has 2 unspecified atom stereocenters. The fraction of sp³-hybridized carbons (Fsp3) is 0.917. The molecule has 1 aliphatic rings. The molecular formula is C12H24N2O2. The molecule has 0 bridgehead atoms. The molecule has 3 N–H and O–H groups in total. The third-order valence-electron chi connectivity index (χ3n) is 3.17. The zero-order chi connectivity index (χ0) is 12.2. The maximum absolute atomic E-state index is 12.0. The van der Waals surface area contributed by atoms with Crippen LogP contribution in [0.4, 0.5) is 0 Å². The van der Waals surface area contributed by atoms with E-state index in [1.54, 1.807) is 0 Å². The van der Waals surface area contributed by atoms with Crippen LogP contribution in [0.1, 0.15) is 46.5 Å². The molecule has 1 amide bonds. The van der Waals surface area contributed by atoms with Crippen LogP contribution in [-0.2, 0) is 4.79 Å². The fourth-order valence-corrected chi connectivity index (χ4v) is 2.18. The molecule has 0 aliphatic heterocycles. The van der Waals surface area contributed by atoms with Gasteiger partial charge in [-0.3, -0.25) is 4.79 Å². The van der Waals surface area contributed by atoms with E-state index in [9.17, 15) is 9.90 Å². The summed E-state index contributed by atoms with van der Waals surface area (Å²) in [5, 5.41) is 15.7. The van der Waals surface area contributed by atoms with E-state index in [-0.39, 0.29) is 18.1 Å². The lowest BCUT2D eigenvalue weighted by atomic mass is 9.92. The molecule has 1 fully saturated rings. The Labute approximate surface area is 97.8 Å². The zero-order valence-corrected chi connectivity index (χ0v) is 10.5. The highest BCUT2D eigenvalue weighted by Gasteiger charge is 2.29. The highest BCUT2D eigenvalue weighted by atomic mass is 16.3. The lowest BCUT2D eigenvalue weighted by Gasteiger charge is -2.31. The molecule has 0 spiro atoms. The van der Waals surface area contributed by atoms with Crippen LogP contribution < -0.4 is 10.6 Å². The van der Waals surface area contributed by atoms with Crippen molar-refractivity contribution in [2.45, 2.75) is 64.1 Å². The van der Waals surface area contributed by atoms with Gasteiger partial charge in [0.05, 0.1) is 11.6 Å². The first-order chi connectivity index (χ1) is 7.45. The Morgan fingerprint density at radius 2 is 2.12 bits per heavy atom. The van der Waals surface area contributed by atoms with E-state index in [1.807, 2.05) is 20.8 Å². The van der Waals surface area contributed by atoms with Crippen molar-refractivity contribution < 1.29 is 9.90 Å². The zero-order valence-electron chi connectivity index (χ0n) is 10.5. The molecule has 0 radical (unpaired) electrons. The van der Waals surface area contributed by atoms with Crippen LogP contribution >= 0.6 is 0 Å². The highest BCUT2D eigenvalue weighted by molar-refractivity contribution is 5.85. The first-order valence-corrected chi connectivity index (χ1v) is 6.19. The molecule has 1 rings (SSSR count). The second-order valence-electron chi connectivity index (χ2n) is 5.15. The second-order valence-corrected chi connectivity index (χ2v) is 5.15. The van der Waals surface area contributed by atoms with Crippen LogP contribution in [0.2, 0.25) is 0 Å². The van der Waals surface area contributed by atoms with Gasteiger partial charge in [-0.15, -0.1) is 0 Å². The van der Waals surface area contributed by atoms with E-state index >= 15 is 0 Å². The van der Waals surface area contributed by atoms with Crippen molar-refractivity contribution in [3.05, 3.63) is 0 Å². The van der Waals surface area contributed by atoms with Gasteiger partial charge >= 0.3 is 0 Å². The molecule has 2 atom stereocenters. The van der Waals surface area contributed by atoms with E-state index < -0.39 is 5.54 Å². The minimum Gasteiger partial charge on any atom is -0.393 e. The van der Waals surface area contributed by atoms with Gasteiger partial charge in [0.25, 0.3) is 0 Å². The topological polar surface area (TPSA) is 61.4 Å². The van der Waals surface area contributed by atoms with Crippen LogP contribution in [0.25, 0.3) is 0 Å². The number of aliphatic hydroxyl groups excluding tert-OH is 1. The van der Waals surface area contributed by atoms with Gasteiger partial charge < -0.3 is 15.7 Å². The van der Waals surface area contributed by atoms with Crippen molar-refractivity contribution in [1.82, 2.24) is 10.6 Å². The number of likely N-dealkylation sites (N-methyl/N-ethyl adjacent to an activating group) is 1. The molecule has 1 aliphatic carbocycles. The maximum Gasteiger partial charge on any atom is 0.239 e. The Kier molecular flexibility index (Phi) is 4.74. The molecule has 1 saturated carbocycles. The van der Waals surface area contributed by atoms with Crippen molar-refractivity contribution in [1.29, 1.82) is 0 Å². The lowest BCUT2D eigenvalue weighted by molar-refractivity contribution is -0.127. The molecule has 94 valence electrons. The first kappa shape index (κ1) is 13.5. The second kappa shape index (κ2) is 5.64. The number of hydrogen-bond donors (Lipinski definition) is 3. The van der Waals surface area contributed by atoms with Crippen molar-refractivity contribution >= 4 is 5.91 Å². The fourth-order valence-electron chi connectivity index (χ4n) is 2.18. The predicted octanol–water partition coefficient (Wildman–Crippen LogP) is 0.794. The van der Waals surface area contributed by atoms with Gasteiger partial charge in [0.15, 0.2) is 0 Å². The molecule has 0 aromatic carbocycles. The average molecular weight is 228 g/mol. The summed E-state index contributed by atoms with van der Waals surface area (Å²) in [6.45, 7) is 6.52. The van der Waals surface area contributed by atoms with Crippen molar-refractivity contribution in [2.75, 3.05) is 6.54 Å². The van der Waals surface area contributed by atoms with Crippen molar-refractivity contribution in [3.8, 4) is 0 Å². The summed E-state index contributed by atoms with van der Waals surface area (Å²) in [7, 11) is 0. The number of hydrogen-bond acceptors (Lipinski definition) is 3. The average Bonchev–Trinajstić information content (AvgIpc) is 2.17. The number of carbonyl (C=O) groups is 1. The molecule has 4 nitrogen and oxygen atoms in total. The standard InChI is InChI=1S/C12H24N2O2/c1-4-13-12(2,3)11(16)14-9-6-5-7-10(15)8-9/h9-10,13,15H,4-8H2,1-3H3,(H,14,16). The van der Waals surface area contributed by atoms with E-state index in [0.717, 1.165) is 25.8 Å². The van der Waals surface area contributed by atoms with E-state index in [0.29, 0.717) is 6.42 Å². The summed E-state index contributed by atoms with van der Waals surface area (Å²) >= 11 is 0. The Hall–Kier alpha value is -0.610. The molecule has 0 aromatic heterocycles. The first-order valence-electron chi connectivity index (χ1n) is 6.19. The van der Waals surface area contributed by atoms with Crippen LogP contribution in [-0.4, -0.2) is 35.2 Å². The van der Waals surface area contributed by atoms with Gasteiger partial charge in [0.2, 0.25) is 5.91 Å². The number of carbonyl (C=O) groups excluding carboxylic acids is 1. The van der Waals surface area contributed by atoms with Crippen LogP contribution in [0.15, 0.2) is 0 Å². The van der Waals surface area contributed by atoms with Crippen molar-refractivity contribution in [2.24, 2.45) is 0 Å². The Morgan fingerprint density at radius 3 is 2.69 bits per heavy atom. The number of aliphatic hydroxyl groups is 1. The molecule has 0 heterocycles. The molecule has 4 heteroatoms. The Balaban J connectivity index is 2.44. The summed E-state index contributed by atoms with van der Waals surface area (Å²) in [6.07, 6.45) is 3.27. The van der Waals surface area contributed by atoms with Gasteiger partial charge in [-0.25, -0.2) is 0 Å². The summed E-state index contributed by atoms with van der Waals surface area (Å²) < 4.78 is 0. The summed E-state index contributed by atoms with van der Waals surface area (Å²) in [6, 6.07) is 0.134. The normalized spacial score (nSPS) is 26.5. The Morgan fingerprint density at radius 1 is 1.44 bits per heavy atom. The molecular weight excluding hydrogens is 204 g/mol. The van der Waals surface area contributed by atoms with Gasteiger partial charge in [-0.05, 0) is 46.1 Å². The largest absolute Gasteiger partial charge is 0.393 e. The third-order valence-corrected chi connectivity index (χ3v) is 3.17.